The average Bonchev–Trinajstić information content (AvgIpc) is 2.79. The van der Waals surface area contributed by atoms with Crippen molar-refractivity contribution < 1.29 is 18.6 Å². The van der Waals surface area contributed by atoms with Gasteiger partial charge in [0.1, 0.15) is 12.2 Å². The van der Waals surface area contributed by atoms with Crippen LogP contribution in [0, 0.1) is 13.8 Å². The highest BCUT2D eigenvalue weighted by atomic mass is 79.9. The van der Waals surface area contributed by atoms with Crippen LogP contribution in [0.25, 0.3) is 22.3 Å². The summed E-state index contributed by atoms with van der Waals surface area (Å²) in [6.07, 6.45) is 0. The van der Waals surface area contributed by atoms with Gasteiger partial charge in [0, 0.05) is 10.0 Å². The van der Waals surface area contributed by atoms with E-state index in [1.54, 1.807) is 26.4 Å². The molecule has 32 heavy (non-hydrogen) atoms. The number of methoxy groups -OCH3 is 2. The summed E-state index contributed by atoms with van der Waals surface area (Å²) in [4.78, 5) is 13.5. The summed E-state index contributed by atoms with van der Waals surface area (Å²) < 4.78 is 24.1. The van der Waals surface area contributed by atoms with E-state index in [9.17, 15) is 4.79 Å². The molecule has 0 aliphatic rings. The summed E-state index contributed by atoms with van der Waals surface area (Å²) in [5, 5.41) is 0.498. The van der Waals surface area contributed by atoms with E-state index in [1.165, 1.54) is 0 Å². The highest BCUT2D eigenvalue weighted by Gasteiger charge is 2.20. The number of rotatable bonds is 6. The second-order valence-electron chi connectivity index (χ2n) is 7.53. The van der Waals surface area contributed by atoms with Crippen LogP contribution in [0.5, 0.6) is 17.2 Å². The number of hydrogen-bond donors (Lipinski definition) is 0. The summed E-state index contributed by atoms with van der Waals surface area (Å²) in [7, 11) is 3.14. The first-order valence-electron chi connectivity index (χ1n) is 10.1. The standard InChI is InChI=1S/C26H23BrO5/c1-15-11-16(2)24-20(12-15)23(28)26(31-14-17-5-8-19(27)9-6-17)25(32-24)18-7-10-21(29-3)22(13-18)30-4/h5-13H,14H2,1-4H3. The predicted molar refractivity (Wildman–Crippen MR) is 129 cm³/mol. The molecule has 5 nitrogen and oxygen atoms in total. The highest BCUT2D eigenvalue weighted by molar-refractivity contribution is 9.10. The summed E-state index contributed by atoms with van der Waals surface area (Å²) >= 11 is 3.43. The molecule has 0 unspecified atom stereocenters. The Labute approximate surface area is 194 Å². The number of ether oxygens (including phenoxy) is 3. The van der Waals surface area contributed by atoms with Crippen LogP contribution in [0.15, 0.2) is 68.3 Å². The molecule has 4 aromatic rings. The Hall–Kier alpha value is -3.25. The second kappa shape index (κ2) is 9.09. The summed E-state index contributed by atoms with van der Waals surface area (Å²) in [5.74, 6) is 1.64. The zero-order valence-corrected chi connectivity index (χ0v) is 19.9. The van der Waals surface area contributed by atoms with Gasteiger partial charge in [-0.1, -0.05) is 34.1 Å². The summed E-state index contributed by atoms with van der Waals surface area (Å²) in [6, 6.07) is 17.0. The van der Waals surface area contributed by atoms with E-state index in [1.807, 2.05) is 56.3 Å². The van der Waals surface area contributed by atoms with Crippen molar-refractivity contribution in [3.8, 4) is 28.6 Å². The molecule has 0 saturated heterocycles. The molecule has 3 aromatic carbocycles. The zero-order chi connectivity index (χ0) is 22.8. The summed E-state index contributed by atoms with van der Waals surface area (Å²) in [5.41, 5.74) is 3.80. The topological polar surface area (TPSA) is 57.9 Å². The van der Waals surface area contributed by atoms with E-state index >= 15 is 0 Å². The largest absolute Gasteiger partial charge is 0.493 e. The minimum absolute atomic E-state index is 0.164. The molecular weight excluding hydrogens is 472 g/mol. The van der Waals surface area contributed by atoms with Gasteiger partial charge >= 0.3 is 0 Å². The van der Waals surface area contributed by atoms with E-state index in [0.29, 0.717) is 33.8 Å². The number of halogens is 1. The molecule has 0 atom stereocenters. The fraction of sp³-hybridized carbons (Fsp3) is 0.192. The van der Waals surface area contributed by atoms with Crippen LogP contribution in [0.2, 0.25) is 0 Å². The van der Waals surface area contributed by atoms with Gasteiger partial charge in [0.2, 0.25) is 11.2 Å². The van der Waals surface area contributed by atoms with Crippen LogP contribution in [-0.4, -0.2) is 14.2 Å². The van der Waals surface area contributed by atoms with Crippen LogP contribution >= 0.6 is 15.9 Å². The van der Waals surface area contributed by atoms with Crippen LogP contribution in [0.1, 0.15) is 16.7 Å². The van der Waals surface area contributed by atoms with Gasteiger partial charge in [0.05, 0.1) is 19.6 Å². The molecule has 1 heterocycles. The van der Waals surface area contributed by atoms with Crippen molar-refractivity contribution in [2.45, 2.75) is 20.5 Å². The highest BCUT2D eigenvalue weighted by Crippen LogP contribution is 2.37. The minimum atomic E-state index is -0.208. The van der Waals surface area contributed by atoms with Gasteiger partial charge in [-0.25, -0.2) is 0 Å². The number of benzene rings is 3. The van der Waals surface area contributed by atoms with E-state index in [4.69, 9.17) is 18.6 Å². The maximum atomic E-state index is 13.5. The molecule has 0 aliphatic heterocycles. The third kappa shape index (κ3) is 4.23. The Morgan fingerprint density at radius 1 is 0.906 bits per heavy atom. The Kier molecular flexibility index (Phi) is 6.24. The van der Waals surface area contributed by atoms with Crippen LogP contribution in [-0.2, 0) is 6.61 Å². The lowest BCUT2D eigenvalue weighted by Gasteiger charge is -2.15. The SMILES string of the molecule is COc1ccc(-c2oc3c(C)cc(C)cc3c(=O)c2OCc2ccc(Br)cc2)cc1OC. The third-order valence-corrected chi connectivity index (χ3v) is 5.75. The Bertz CT molecular complexity index is 1340. The van der Waals surface area contributed by atoms with Crippen molar-refractivity contribution in [1.82, 2.24) is 0 Å². The first kappa shape index (κ1) is 22.0. The molecule has 0 saturated carbocycles. The molecule has 0 bridgehead atoms. The van der Waals surface area contributed by atoms with Crippen molar-refractivity contribution in [2.75, 3.05) is 14.2 Å². The van der Waals surface area contributed by atoms with Gasteiger partial charge in [-0.15, -0.1) is 0 Å². The minimum Gasteiger partial charge on any atom is -0.493 e. The molecule has 0 radical (unpaired) electrons. The lowest BCUT2D eigenvalue weighted by molar-refractivity contribution is 0.297. The molecule has 1 aromatic heterocycles. The van der Waals surface area contributed by atoms with E-state index in [0.717, 1.165) is 21.2 Å². The molecular formula is C26H23BrO5. The first-order valence-corrected chi connectivity index (χ1v) is 10.9. The number of hydrogen-bond acceptors (Lipinski definition) is 5. The third-order valence-electron chi connectivity index (χ3n) is 5.22. The van der Waals surface area contributed by atoms with Gasteiger partial charge in [0.25, 0.3) is 0 Å². The van der Waals surface area contributed by atoms with Gasteiger partial charge in [-0.05, 0) is 66.9 Å². The van der Waals surface area contributed by atoms with Crippen molar-refractivity contribution in [1.29, 1.82) is 0 Å². The maximum absolute atomic E-state index is 13.5. The smallest absolute Gasteiger partial charge is 0.235 e. The normalized spacial score (nSPS) is 10.9. The zero-order valence-electron chi connectivity index (χ0n) is 18.3. The number of aryl methyl sites for hydroxylation is 2. The molecule has 4 rings (SSSR count). The lowest BCUT2D eigenvalue weighted by Crippen LogP contribution is -2.11. The molecule has 0 fully saturated rings. The van der Waals surface area contributed by atoms with Gasteiger partial charge in [-0.3, -0.25) is 4.79 Å². The van der Waals surface area contributed by atoms with Crippen molar-refractivity contribution >= 4 is 26.9 Å². The van der Waals surface area contributed by atoms with Crippen molar-refractivity contribution in [2.24, 2.45) is 0 Å². The first-order chi connectivity index (χ1) is 15.4. The predicted octanol–water partition coefficient (Wildman–Crippen LogP) is 6.44. The van der Waals surface area contributed by atoms with Gasteiger partial charge in [0.15, 0.2) is 17.3 Å². The fourth-order valence-electron chi connectivity index (χ4n) is 3.67. The van der Waals surface area contributed by atoms with Crippen molar-refractivity contribution in [3.63, 3.8) is 0 Å². The van der Waals surface area contributed by atoms with Gasteiger partial charge < -0.3 is 18.6 Å². The molecule has 164 valence electrons. The van der Waals surface area contributed by atoms with E-state index < -0.39 is 0 Å². The lowest BCUT2D eigenvalue weighted by atomic mass is 10.0. The Morgan fingerprint density at radius 2 is 1.62 bits per heavy atom. The molecule has 6 heteroatoms. The van der Waals surface area contributed by atoms with Crippen molar-refractivity contribution in [3.05, 3.63) is 86.0 Å². The fourth-order valence-corrected chi connectivity index (χ4v) is 3.93. The average molecular weight is 495 g/mol. The van der Waals surface area contributed by atoms with E-state index in [-0.39, 0.29) is 17.8 Å². The summed E-state index contributed by atoms with van der Waals surface area (Å²) in [6.45, 7) is 4.12. The molecule has 0 aliphatic carbocycles. The van der Waals surface area contributed by atoms with Crippen LogP contribution in [0.3, 0.4) is 0 Å². The Balaban J connectivity index is 1.90. The van der Waals surface area contributed by atoms with Gasteiger partial charge in [-0.2, -0.15) is 0 Å². The van der Waals surface area contributed by atoms with Crippen LogP contribution in [0.4, 0.5) is 0 Å². The number of fused-ring (bicyclic) bond motifs is 1. The maximum Gasteiger partial charge on any atom is 0.235 e. The molecule has 0 amide bonds. The second-order valence-corrected chi connectivity index (χ2v) is 8.45. The molecule has 0 spiro atoms. The van der Waals surface area contributed by atoms with Crippen LogP contribution < -0.4 is 19.6 Å². The monoisotopic (exact) mass is 494 g/mol. The quantitative estimate of drug-likeness (QED) is 0.308. The van der Waals surface area contributed by atoms with E-state index in [2.05, 4.69) is 15.9 Å². The Morgan fingerprint density at radius 3 is 2.31 bits per heavy atom. The molecule has 0 N–H and O–H groups in total.